The molecular weight excluding hydrogens is 287 g/mol. The first-order valence-electron chi connectivity index (χ1n) is 5.96. The minimum Gasteiger partial charge on any atom is -0.277 e. The predicted molar refractivity (Wildman–Crippen MR) is 70.8 cm³/mol. The highest BCUT2D eigenvalue weighted by atomic mass is 35.5. The van der Waals surface area contributed by atoms with Crippen LogP contribution in [0.1, 0.15) is 13.8 Å². The van der Waals surface area contributed by atoms with Gasteiger partial charge in [0.1, 0.15) is 11.7 Å². The van der Waals surface area contributed by atoms with E-state index in [1.54, 1.807) is 13.8 Å². The number of amides is 4. The first kappa shape index (κ1) is 14.5. The summed E-state index contributed by atoms with van der Waals surface area (Å²) in [5, 5.41) is 2.13. The summed E-state index contributed by atoms with van der Waals surface area (Å²) in [4.78, 5) is 36.6. The topological polar surface area (TPSA) is 66.5 Å². The summed E-state index contributed by atoms with van der Waals surface area (Å²) in [7, 11) is 0. The van der Waals surface area contributed by atoms with Crippen LogP contribution in [0.2, 0.25) is 5.02 Å². The number of anilines is 1. The zero-order valence-electron chi connectivity index (χ0n) is 10.8. The van der Waals surface area contributed by atoms with Gasteiger partial charge >= 0.3 is 6.03 Å². The van der Waals surface area contributed by atoms with Gasteiger partial charge in [0.05, 0.1) is 10.7 Å². The van der Waals surface area contributed by atoms with Crippen LogP contribution in [0.25, 0.3) is 0 Å². The Bertz CT molecular complexity index is 603. The summed E-state index contributed by atoms with van der Waals surface area (Å²) in [5.41, 5.74) is -0.0766. The lowest BCUT2D eigenvalue weighted by Gasteiger charge is -2.32. The molecule has 1 aliphatic heterocycles. The highest BCUT2D eigenvalue weighted by molar-refractivity contribution is 6.36. The van der Waals surface area contributed by atoms with Crippen molar-refractivity contribution in [3.8, 4) is 0 Å². The smallest absolute Gasteiger partial charge is 0.277 e. The third-order valence-corrected chi connectivity index (χ3v) is 3.34. The molecule has 0 saturated carbocycles. The molecule has 106 valence electrons. The lowest BCUT2D eigenvalue weighted by atomic mass is 9.92. The van der Waals surface area contributed by atoms with E-state index in [0.717, 1.165) is 12.1 Å². The standard InChI is InChI=1S/C13H12ClFN2O3/c1-6(2)10-11(18)16-13(20)17(12(10)19)9-5-7(15)3-4-8(9)14/h3-6,10H,1-2H3,(H,16,18,20). The molecule has 1 heterocycles. The molecule has 1 saturated heterocycles. The number of rotatable bonds is 2. The van der Waals surface area contributed by atoms with Crippen LogP contribution in [0.3, 0.4) is 0 Å². The van der Waals surface area contributed by atoms with Gasteiger partial charge < -0.3 is 0 Å². The maximum absolute atomic E-state index is 13.3. The zero-order chi connectivity index (χ0) is 15.0. The summed E-state index contributed by atoms with van der Waals surface area (Å²) in [6, 6.07) is 2.41. The van der Waals surface area contributed by atoms with E-state index in [0.29, 0.717) is 4.90 Å². The molecule has 5 nitrogen and oxygen atoms in total. The monoisotopic (exact) mass is 298 g/mol. The molecule has 0 bridgehead atoms. The van der Waals surface area contributed by atoms with Crippen LogP contribution in [0.15, 0.2) is 18.2 Å². The molecule has 1 aromatic rings. The summed E-state index contributed by atoms with van der Waals surface area (Å²) >= 11 is 5.90. The van der Waals surface area contributed by atoms with Crippen LogP contribution < -0.4 is 10.2 Å². The van der Waals surface area contributed by atoms with Crippen molar-refractivity contribution >= 4 is 35.1 Å². The van der Waals surface area contributed by atoms with Gasteiger partial charge in [-0.25, -0.2) is 14.1 Å². The molecule has 0 aromatic heterocycles. The van der Waals surface area contributed by atoms with Crippen molar-refractivity contribution in [1.29, 1.82) is 0 Å². The van der Waals surface area contributed by atoms with Crippen molar-refractivity contribution in [3.63, 3.8) is 0 Å². The number of nitrogens with one attached hydrogen (secondary N) is 1. The first-order chi connectivity index (χ1) is 9.32. The Morgan fingerprint density at radius 2 is 1.95 bits per heavy atom. The second-order valence-corrected chi connectivity index (χ2v) is 5.19. The van der Waals surface area contributed by atoms with E-state index in [1.165, 1.54) is 6.07 Å². The fourth-order valence-electron chi connectivity index (χ4n) is 2.06. The Morgan fingerprint density at radius 1 is 1.30 bits per heavy atom. The van der Waals surface area contributed by atoms with E-state index in [2.05, 4.69) is 5.32 Å². The minimum atomic E-state index is -1.01. The van der Waals surface area contributed by atoms with Crippen molar-refractivity contribution in [2.24, 2.45) is 11.8 Å². The van der Waals surface area contributed by atoms with E-state index < -0.39 is 29.6 Å². The van der Waals surface area contributed by atoms with Crippen molar-refractivity contribution in [3.05, 3.63) is 29.0 Å². The number of urea groups is 1. The van der Waals surface area contributed by atoms with Crippen LogP contribution in [0.4, 0.5) is 14.9 Å². The molecule has 7 heteroatoms. The molecule has 1 aliphatic rings. The van der Waals surface area contributed by atoms with Gasteiger partial charge in [0.15, 0.2) is 0 Å². The van der Waals surface area contributed by atoms with Crippen LogP contribution in [0, 0.1) is 17.7 Å². The third-order valence-electron chi connectivity index (χ3n) is 3.02. The van der Waals surface area contributed by atoms with Gasteiger partial charge in [-0.15, -0.1) is 0 Å². The largest absolute Gasteiger partial charge is 0.335 e. The average Bonchev–Trinajstić information content (AvgIpc) is 2.32. The zero-order valence-corrected chi connectivity index (χ0v) is 11.6. The molecule has 1 N–H and O–H groups in total. The number of benzene rings is 1. The number of barbiturate groups is 1. The molecular formula is C13H12ClFN2O3. The van der Waals surface area contributed by atoms with Crippen molar-refractivity contribution in [2.45, 2.75) is 13.8 Å². The summed E-state index contributed by atoms with van der Waals surface area (Å²) < 4.78 is 13.3. The molecule has 1 fully saturated rings. The molecule has 4 amide bonds. The second kappa shape index (κ2) is 5.20. The van der Waals surface area contributed by atoms with E-state index in [1.807, 2.05) is 0 Å². The normalized spacial score (nSPS) is 19.6. The van der Waals surface area contributed by atoms with Crippen LogP contribution in [-0.2, 0) is 9.59 Å². The Balaban J connectivity index is 2.49. The molecule has 0 radical (unpaired) electrons. The SMILES string of the molecule is CC(C)C1C(=O)NC(=O)N(c2cc(F)ccc2Cl)C1=O. The maximum Gasteiger partial charge on any atom is 0.335 e. The van der Waals surface area contributed by atoms with Crippen LogP contribution >= 0.6 is 11.6 Å². The van der Waals surface area contributed by atoms with Crippen molar-refractivity contribution in [1.82, 2.24) is 5.32 Å². The number of hydrogen-bond donors (Lipinski definition) is 1. The van der Waals surface area contributed by atoms with Gasteiger partial charge in [-0.05, 0) is 24.1 Å². The number of hydrogen-bond acceptors (Lipinski definition) is 3. The number of halogens is 2. The van der Waals surface area contributed by atoms with E-state index in [4.69, 9.17) is 11.6 Å². The Morgan fingerprint density at radius 3 is 2.55 bits per heavy atom. The fraction of sp³-hybridized carbons (Fsp3) is 0.308. The van der Waals surface area contributed by atoms with Crippen molar-refractivity contribution in [2.75, 3.05) is 4.90 Å². The Kier molecular flexibility index (Phi) is 3.76. The van der Waals surface area contributed by atoms with Gasteiger partial charge in [-0.2, -0.15) is 0 Å². The van der Waals surface area contributed by atoms with Gasteiger partial charge in [0, 0.05) is 0 Å². The lowest BCUT2D eigenvalue weighted by molar-refractivity contribution is -0.136. The van der Waals surface area contributed by atoms with E-state index >= 15 is 0 Å². The highest BCUT2D eigenvalue weighted by Gasteiger charge is 2.43. The number of nitrogens with zero attached hydrogens (tertiary/aromatic N) is 1. The maximum atomic E-state index is 13.3. The number of carbonyl (C=O) groups is 3. The summed E-state index contributed by atoms with van der Waals surface area (Å²) in [6.07, 6.45) is 0. The fourth-order valence-corrected chi connectivity index (χ4v) is 2.27. The number of carbonyl (C=O) groups excluding carboxylic acids is 3. The lowest BCUT2D eigenvalue weighted by Crippen LogP contribution is -2.59. The Labute approximate surface area is 119 Å². The average molecular weight is 299 g/mol. The molecule has 0 spiro atoms. The van der Waals surface area contributed by atoms with E-state index in [9.17, 15) is 18.8 Å². The van der Waals surface area contributed by atoms with Gasteiger partial charge in [-0.3, -0.25) is 14.9 Å². The summed E-state index contributed by atoms with van der Waals surface area (Å²) in [6.45, 7) is 3.37. The molecule has 20 heavy (non-hydrogen) atoms. The Hall–Kier alpha value is -1.95. The minimum absolute atomic E-state index is 0.0479. The second-order valence-electron chi connectivity index (χ2n) is 4.79. The number of imide groups is 2. The molecule has 1 unspecified atom stereocenters. The van der Waals surface area contributed by atoms with Gasteiger partial charge in [-0.1, -0.05) is 25.4 Å². The summed E-state index contributed by atoms with van der Waals surface area (Å²) in [5.74, 6) is -3.31. The highest BCUT2D eigenvalue weighted by Crippen LogP contribution is 2.31. The quantitative estimate of drug-likeness (QED) is 0.852. The molecule has 2 rings (SSSR count). The third kappa shape index (κ3) is 2.38. The van der Waals surface area contributed by atoms with Gasteiger partial charge in [0.25, 0.3) is 0 Å². The van der Waals surface area contributed by atoms with Gasteiger partial charge in [0.2, 0.25) is 11.8 Å². The van der Waals surface area contributed by atoms with Crippen molar-refractivity contribution < 1.29 is 18.8 Å². The van der Waals surface area contributed by atoms with E-state index in [-0.39, 0.29) is 16.6 Å². The first-order valence-corrected chi connectivity index (χ1v) is 6.34. The molecule has 1 atom stereocenters. The molecule has 1 aromatic carbocycles. The van der Waals surface area contributed by atoms with Crippen LogP contribution in [0.5, 0.6) is 0 Å². The predicted octanol–water partition coefficient (Wildman–Crippen LogP) is 2.33. The van der Waals surface area contributed by atoms with Crippen LogP contribution in [-0.4, -0.2) is 17.8 Å². The molecule has 0 aliphatic carbocycles.